The van der Waals surface area contributed by atoms with Crippen LogP contribution in [0.1, 0.15) is 17.9 Å². The number of fused-ring (bicyclic) bond motifs is 1. The Kier molecular flexibility index (Phi) is 5.75. The molecule has 1 N–H and O–H groups in total. The third-order valence-corrected chi connectivity index (χ3v) is 7.95. The highest BCUT2D eigenvalue weighted by Gasteiger charge is 2.57. The first kappa shape index (κ1) is 24.2. The van der Waals surface area contributed by atoms with E-state index in [1.54, 1.807) is 0 Å². The molecule has 0 amide bonds. The monoisotopic (exact) mass is 540 g/mol. The summed E-state index contributed by atoms with van der Waals surface area (Å²) in [4.78, 5) is 16.5. The Morgan fingerprint density at radius 2 is 1.94 bits per heavy atom. The molecule has 0 aliphatic heterocycles. The fourth-order valence-corrected chi connectivity index (χ4v) is 5.81. The number of methoxy groups -OCH3 is 1. The molecule has 36 heavy (non-hydrogen) atoms. The van der Waals surface area contributed by atoms with E-state index in [0.29, 0.717) is 5.39 Å². The van der Waals surface area contributed by atoms with Crippen LogP contribution in [0.25, 0.3) is 16.6 Å². The fourth-order valence-electron chi connectivity index (χ4n) is 4.11. The van der Waals surface area contributed by atoms with Crippen molar-refractivity contribution in [2.75, 3.05) is 11.8 Å². The number of hydrogen-bond acceptors (Lipinski definition) is 7. The lowest BCUT2D eigenvalue weighted by Crippen LogP contribution is -2.19. The Morgan fingerprint density at radius 3 is 2.58 bits per heavy atom. The van der Waals surface area contributed by atoms with Gasteiger partial charge in [0.2, 0.25) is 5.13 Å². The van der Waals surface area contributed by atoms with E-state index in [1.165, 1.54) is 49.8 Å². The second-order valence-corrected chi connectivity index (χ2v) is 10.6. The number of rotatable bonds is 6. The number of halogens is 4. The molecule has 14 heteroatoms. The summed E-state index contributed by atoms with van der Waals surface area (Å²) in [5.41, 5.74) is -0.499. The average molecular weight is 541 g/mol. The molecule has 0 spiro atoms. The Morgan fingerprint density at radius 1 is 1.17 bits per heavy atom. The lowest BCUT2D eigenvalue weighted by atomic mass is 10.1. The van der Waals surface area contributed by atoms with Gasteiger partial charge in [-0.25, -0.2) is 17.8 Å². The van der Waals surface area contributed by atoms with Crippen LogP contribution in [0.15, 0.2) is 58.5 Å². The Labute approximate surface area is 205 Å². The molecule has 188 valence electrons. The van der Waals surface area contributed by atoms with Crippen molar-refractivity contribution < 1.29 is 30.7 Å². The molecule has 2 aromatic carbocycles. The van der Waals surface area contributed by atoms with E-state index in [4.69, 9.17) is 4.74 Å². The maximum absolute atomic E-state index is 15.0. The van der Waals surface area contributed by atoms with Gasteiger partial charge in [-0.05, 0) is 48.2 Å². The molecule has 1 aliphatic rings. The van der Waals surface area contributed by atoms with Crippen molar-refractivity contribution in [2.24, 2.45) is 5.92 Å². The van der Waals surface area contributed by atoms with Crippen molar-refractivity contribution in [2.45, 2.75) is 23.4 Å². The Bertz CT molecular complexity index is 1640. The number of alkyl halides is 3. The van der Waals surface area contributed by atoms with Gasteiger partial charge in [-0.1, -0.05) is 0 Å². The number of benzene rings is 2. The Hall–Kier alpha value is -3.52. The summed E-state index contributed by atoms with van der Waals surface area (Å²) in [6.07, 6.45) is -3.45. The second-order valence-electron chi connectivity index (χ2n) is 8.12. The van der Waals surface area contributed by atoms with E-state index in [0.717, 1.165) is 22.2 Å². The molecule has 4 aromatic rings. The zero-order valence-electron chi connectivity index (χ0n) is 18.3. The minimum Gasteiger partial charge on any atom is -0.495 e. The van der Waals surface area contributed by atoms with E-state index >= 15 is 4.39 Å². The van der Waals surface area contributed by atoms with Crippen LogP contribution in [0.4, 0.5) is 22.7 Å². The van der Waals surface area contributed by atoms with Crippen LogP contribution in [-0.4, -0.2) is 35.6 Å². The lowest BCUT2D eigenvalue weighted by Gasteiger charge is -2.16. The van der Waals surface area contributed by atoms with Crippen LogP contribution in [0.5, 0.6) is 5.75 Å². The van der Waals surface area contributed by atoms with Crippen LogP contribution < -0.4 is 15.0 Å². The number of aromatic nitrogens is 3. The first-order valence-electron chi connectivity index (χ1n) is 10.4. The summed E-state index contributed by atoms with van der Waals surface area (Å²) in [6.45, 7) is 0. The standard InChI is InChI=1S/C22H16F4N4O4S2/c1-34-19-8-14(13-7-15(13)22(24,25)26)16(23)9-18(19)30-17-4-3-12(6-11(17)2-5-20(30)31)36(32,33)29-21-27-10-28-35-21/h2-6,8-10,13,15H,7H2,1H3,(H,27,28,29)/t13-,15+/m0/s1. The maximum atomic E-state index is 15.0. The molecule has 1 aliphatic carbocycles. The van der Waals surface area contributed by atoms with Gasteiger partial charge in [0.15, 0.2) is 0 Å². The molecule has 2 heterocycles. The molecule has 8 nitrogen and oxygen atoms in total. The molecular weight excluding hydrogens is 524 g/mol. The first-order chi connectivity index (χ1) is 17.0. The highest BCUT2D eigenvalue weighted by atomic mass is 32.2. The zero-order valence-corrected chi connectivity index (χ0v) is 19.9. The first-order valence-corrected chi connectivity index (χ1v) is 12.6. The van der Waals surface area contributed by atoms with E-state index < -0.39 is 39.4 Å². The van der Waals surface area contributed by atoms with Gasteiger partial charge in [0.05, 0.1) is 29.1 Å². The van der Waals surface area contributed by atoms with Crippen molar-refractivity contribution in [3.8, 4) is 11.4 Å². The summed E-state index contributed by atoms with van der Waals surface area (Å²) in [5, 5.41) is 0.407. The van der Waals surface area contributed by atoms with Gasteiger partial charge in [-0.15, -0.1) is 0 Å². The normalized spacial score (nSPS) is 17.8. The van der Waals surface area contributed by atoms with Crippen LogP contribution in [0, 0.1) is 11.7 Å². The molecule has 0 radical (unpaired) electrons. The summed E-state index contributed by atoms with van der Waals surface area (Å²) >= 11 is 0.855. The molecule has 1 fully saturated rings. The average Bonchev–Trinajstić information content (AvgIpc) is 3.48. The number of anilines is 1. The summed E-state index contributed by atoms with van der Waals surface area (Å²) in [7, 11) is -2.75. The van der Waals surface area contributed by atoms with Crippen molar-refractivity contribution in [1.82, 2.24) is 13.9 Å². The third kappa shape index (κ3) is 4.30. The van der Waals surface area contributed by atoms with Crippen LogP contribution >= 0.6 is 11.5 Å². The van der Waals surface area contributed by atoms with Crippen LogP contribution in [0.2, 0.25) is 0 Å². The van der Waals surface area contributed by atoms with Crippen LogP contribution in [0.3, 0.4) is 0 Å². The molecule has 0 bridgehead atoms. The fraction of sp³-hybridized carbons (Fsp3) is 0.227. The maximum Gasteiger partial charge on any atom is 0.392 e. The van der Waals surface area contributed by atoms with Gasteiger partial charge in [0.1, 0.15) is 17.9 Å². The molecule has 0 unspecified atom stereocenters. The van der Waals surface area contributed by atoms with Gasteiger partial charge in [-0.3, -0.25) is 14.1 Å². The van der Waals surface area contributed by atoms with E-state index in [2.05, 4.69) is 14.1 Å². The lowest BCUT2D eigenvalue weighted by molar-refractivity contribution is -0.148. The Balaban J connectivity index is 1.59. The van der Waals surface area contributed by atoms with Gasteiger partial charge >= 0.3 is 6.18 Å². The number of nitrogens with one attached hydrogen (secondary N) is 1. The molecule has 1 saturated carbocycles. The van der Waals surface area contributed by atoms with Crippen molar-refractivity contribution in [3.63, 3.8) is 0 Å². The van der Waals surface area contributed by atoms with Crippen LogP contribution in [-0.2, 0) is 10.0 Å². The zero-order chi connectivity index (χ0) is 25.8. The number of nitrogens with zero attached hydrogens (tertiary/aromatic N) is 3. The predicted octanol–water partition coefficient (Wildman–Crippen LogP) is 4.46. The van der Waals surface area contributed by atoms with Gasteiger partial charge in [0.25, 0.3) is 15.6 Å². The van der Waals surface area contributed by atoms with Crippen molar-refractivity contribution in [3.05, 3.63) is 70.5 Å². The molecule has 5 rings (SSSR count). The minimum absolute atomic E-state index is 0.00320. The van der Waals surface area contributed by atoms with E-state index in [1.807, 2.05) is 0 Å². The highest BCUT2D eigenvalue weighted by Crippen LogP contribution is 2.57. The molecule has 2 aromatic heterocycles. The number of pyridine rings is 1. The molecule has 2 atom stereocenters. The van der Waals surface area contributed by atoms with E-state index in [9.17, 15) is 26.4 Å². The number of hydrogen-bond donors (Lipinski definition) is 1. The van der Waals surface area contributed by atoms with E-state index in [-0.39, 0.29) is 39.0 Å². The van der Waals surface area contributed by atoms with Crippen molar-refractivity contribution >= 4 is 37.6 Å². The number of sulfonamides is 1. The summed E-state index contributed by atoms with van der Waals surface area (Å²) < 4.78 is 92.0. The smallest absolute Gasteiger partial charge is 0.392 e. The predicted molar refractivity (Wildman–Crippen MR) is 124 cm³/mol. The summed E-state index contributed by atoms with van der Waals surface area (Å²) in [6, 6.07) is 8.67. The van der Waals surface area contributed by atoms with Gasteiger partial charge in [0, 0.05) is 29.1 Å². The second kappa shape index (κ2) is 8.55. The third-order valence-electron chi connectivity index (χ3n) is 5.91. The topological polar surface area (TPSA) is 103 Å². The van der Waals surface area contributed by atoms with Crippen molar-refractivity contribution in [1.29, 1.82) is 0 Å². The quantitative estimate of drug-likeness (QED) is 0.363. The molecule has 0 saturated heterocycles. The SMILES string of the molecule is COc1cc([C@@H]2C[C@H]2C(F)(F)F)c(F)cc1-n1c(=O)ccc2cc(S(=O)(=O)Nc3ncns3)ccc21. The largest absolute Gasteiger partial charge is 0.495 e. The molecular formula is C22H16F4N4O4S2. The summed E-state index contributed by atoms with van der Waals surface area (Å²) in [5.74, 6) is -3.54. The highest BCUT2D eigenvalue weighted by molar-refractivity contribution is 7.93. The van der Waals surface area contributed by atoms with Gasteiger partial charge < -0.3 is 4.74 Å². The minimum atomic E-state index is -4.43. The number of ether oxygens (including phenoxy) is 1. The van der Waals surface area contributed by atoms with Gasteiger partial charge in [-0.2, -0.15) is 17.5 Å².